The van der Waals surface area contributed by atoms with Crippen molar-refractivity contribution in [1.29, 1.82) is 0 Å². The van der Waals surface area contributed by atoms with Crippen molar-refractivity contribution >= 4 is 56.7 Å². The summed E-state index contributed by atoms with van der Waals surface area (Å²) in [6.45, 7) is 6.89. The van der Waals surface area contributed by atoms with Crippen LogP contribution in [0.3, 0.4) is 0 Å². The molecule has 4 rings (SSSR count). The molecule has 1 amide bonds. The second kappa shape index (κ2) is 7.21. The Morgan fingerprint density at radius 3 is 2.88 bits per heavy atom. The fourth-order valence-corrected chi connectivity index (χ4v) is 6.20. The highest BCUT2D eigenvalue weighted by molar-refractivity contribution is 8.00. The Bertz CT molecular complexity index is 999. The highest BCUT2D eigenvalue weighted by atomic mass is 32.2. The number of fused-ring (bicyclic) bond motifs is 2. The number of nitrogens with zero attached hydrogens (tertiary/aromatic N) is 3. The number of para-hydroxylation sites is 1. The van der Waals surface area contributed by atoms with E-state index in [-0.39, 0.29) is 5.91 Å². The summed E-state index contributed by atoms with van der Waals surface area (Å²) in [4.78, 5) is 27.5. The van der Waals surface area contributed by atoms with E-state index in [2.05, 4.69) is 29.9 Å². The molecule has 3 aromatic rings. The molecule has 0 radical (unpaired) electrons. The van der Waals surface area contributed by atoms with Crippen molar-refractivity contribution in [2.45, 2.75) is 30.7 Å². The third-order valence-electron chi connectivity index (χ3n) is 4.47. The summed E-state index contributed by atoms with van der Waals surface area (Å²) in [6.07, 6.45) is 0. The van der Waals surface area contributed by atoms with Gasteiger partial charge in [0.05, 0.1) is 11.4 Å². The van der Waals surface area contributed by atoms with Crippen LogP contribution < -0.4 is 4.90 Å². The predicted molar refractivity (Wildman–Crippen MR) is 112 cm³/mol. The van der Waals surface area contributed by atoms with E-state index in [1.54, 1.807) is 11.3 Å². The number of amides is 1. The van der Waals surface area contributed by atoms with Crippen molar-refractivity contribution in [3.63, 3.8) is 0 Å². The van der Waals surface area contributed by atoms with Crippen molar-refractivity contribution in [3.8, 4) is 0 Å². The summed E-state index contributed by atoms with van der Waals surface area (Å²) < 4.78 is 0. The maximum atomic E-state index is 12.9. The molecule has 7 heteroatoms. The molecular weight excluding hydrogens is 382 g/mol. The van der Waals surface area contributed by atoms with E-state index in [9.17, 15) is 4.79 Å². The molecule has 1 aliphatic heterocycles. The lowest BCUT2D eigenvalue weighted by Gasteiger charge is -2.28. The second-order valence-electron chi connectivity index (χ2n) is 6.19. The Kier molecular flexibility index (Phi) is 4.94. The van der Waals surface area contributed by atoms with Gasteiger partial charge >= 0.3 is 0 Å². The molecule has 1 aromatic carbocycles. The number of rotatable bonds is 3. The monoisotopic (exact) mass is 401 g/mol. The Hall–Kier alpha value is -1.57. The van der Waals surface area contributed by atoms with Gasteiger partial charge in [0, 0.05) is 27.5 Å². The molecule has 134 valence electrons. The van der Waals surface area contributed by atoms with Gasteiger partial charge in [0.1, 0.15) is 15.7 Å². The number of benzene rings is 1. The van der Waals surface area contributed by atoms with Crippen LogP contribution in [0.25, 0.3) is 10.2 Å². The molecule has 0 saturated carbocycles. The minimum absolute atomic E-state index is 0.136. The third kappa shape index (κ3) is 3.23. The zero-order valence-corrected chi connectivity index (χ0v) is 17.4. The molecule has 0 spiro atoms. The van der Waals surface area contributed by atoms with Crippen LogP contribution in [-0.2, 0) is 4.79 Å². The van der Waals surface area contributed by atoms with Crippen LogP contribution >= 0.6 is 34.9 Å². The first-order valence-corrected chi connectivity index (χ1v) is 11.2. The van der Waals surface area contributed by atoms with Gasteiger partial charge in [0.25, 0.3) is 0 Å². The van der Waals surface area contributed by atoms with E-state index in [1.165, 1.54) is 27.1 Å². The minimum Gasteiger partial charge on any atom is -0.310 e. The molecular formula is C19H19N3OS3. The van der Waals surface area contributed by atoms with E-state index in [1.807, 2.05) is 41.8 Å². The normalized spacial score (nSPS) is 13.9. The van der Waals surface area contributed by atoms with E-state index < -0.39 is 0 Å². The van der Waals surface area contributed by atoms with Crippen LogP contribution in [0.15, 0.2) is 34.2 Å². The van der Waals surface area contributed by atoms with Gasteiger partial charge < -0.3 is 4.90 Å². The zero-order valence-electron chi connectivity index (χ0n) is 14.9. The van der Waals surface area contributed by atoms with Crippen LogP contribution in [0.1, 0.15) is 16.3 Å². The molecule has 0 atom stereocenters. The molecule has 0 N–H and O–H groups in total. The van der Waals surface area contributed by atoms with Crippen molar-refractivity contribution in [2.75, 3.05) is 23.0 Å². The lowest BCUT2D eigenvalue weighted by molar-refractivity contribution is -0.116. The largest absolute Gasteiger partial charge is 0.310 e. The molecule has 0 saturated heterocycles. The molecule has 4 nitrogen and oxygen atoms in total. The zero-order chi connectivity index (χ0) is 18.3. The average molecular weight is 402 g/mol. The minimum atomic E-state index is 0.136. The average Bonchev–Trinajstić information content (AvgIpc) is 2.92. The first kappa shape index (κ1) is 17.8. The van der Waals surface area contributed by atoms with Crippen LogP contribution in [0.2, 0.25) is 0 Å². The molecule has 0 aliphatic carbocycles. The predicted octanol–water partition coefficient (Wildman–Crippen LogP) is 4.85. The number of hydrogen-bond acceptors (Lipinski definition) is 6. The lowest BCUT2D eigenvalue weighted by Crippen LogP contribution is -2.36. The first-order valence-electron chi connectivity index (χ1n) is 8.44. The molecule has 26 heavy (non-hydrogen) atoms. The lowest BCUT2D eigenvalue weighted by atomic mass is 10.2. The number of carbonyl (C=O) groups is 1. The topological polar surface area (TPSA) is 46.1 Å². The smallest absolute Gasteiger partial charge is 0.237 e. The van der Waals surface area contributed by atoms with Crippen LogP contribution in [0, 0.1) is 20.8 Å². The number of thioether (sulfide) groups is 2. The second-order valence-corrected chi connectivity index (χ2v) is 9.49. The van der Waals surface area contributed by atoms with Crippen LogP contribution in [0.4, 0.5) is 5.69 Å². The van der Waals surface area contributed by atoms with Gasteiger partial charge in [-0.3, -0.25) is 4.79 Å². The number of aromatic nitrogens is 2. The maximum absolute atomic E-state index is 12.9. The number of aryl methyl sites for hydroxylation is 3. The quantitative estimate of drug-likeness (QED) is 0.464. The Morgan fingerprint density at radius 2 is 2.04 bits per heavy atom. The van der Waals surface area contributed by atoms with Crippen molar-refractivity contribution in [2.24, 2.45) is 0 Å². The number of thiophene rings is 1. The summed E-state index contributed by atoms with van der Waals surface area (Å²) in [7, 11) is 0. The Labute approximate surface area is 165 Å². The maximum Gasteiger partial charge on any atom is 0.237 e. The highest BCUT2D eigenvalue weighted by Crippen LogP contribution is 2.37. The molecule has 1 aliphatic rings. The molecule has 0 fully saturated rings. The summed E-state index contributed by atoms with van der Waals surface area (Å²) in [5.74, 6) is 2.22. The van der Waals surface area contributed by atoms with E-state index in [4.69, 9.17) is 0 Å². The SMILES string of the molecule is Cc1nc(SCC(=O)N2CCSc3ccccc32)c2c(C)c(C)sc2n1. The van der Waals surface area contributed by atoms with Gasteiger partial charge in [-0.15, -0.1) is 23.1 Å². The molecule has 0 bridgehead atoms. The standard InChI is InChI=1S/C19H19N3OS3/c1-11-12(2)26-19-17(11)18(20-13(3)21-19)25-10-16(23)22-8-9-24-15-7-5-4-6-14(15)22/h4-7H,8-10H2,1-3H3. The highest BCUT2D eigenvalue weighted by Gasteiger charge is 2.23. The summed E-state index contributed by atoms with van der Waals surface area (Å²) in [5.41, 5.74) is 2.25. The van der Waals surface area contributed by atoms with E-state index >= 15 is 0 Å². The fourth-order valence-electron chi connectivity index (χ4n) is 3.06. The first-order chi connectivity index (χ1) is 12.5. The van der Waals surface area contributed by atoms with Crippen LogP contribution in [0.5, 0.6) is 0 Å². The molecule has 2 aromatic heterocycles. The summed E-state index contributed by atoms with van der Waals surface area (Å²) in [6, 6.07) is 8.13. The Morgan fingerprint density at radius 1 is 1.23 bits per heavy atom. The van der Waals surface area contributed by atoms with Gasteiger partial charge in [-0.25, -0.2) is 9.97 Å². The molecule has 3 heterocycles. The molecule has 0 unspecified atom stereocenters. The number of carbonyl (C=O) groups excluding carboxylic acids is 1. The van der Waals surface area contributed by atoms with Gasteiger partial charge in [-0.2, -0.15) is 0 Å². The van der Waals surface area contributed by atoms with Crippen molar-refractivity contribution in [1.82, 2.24) is 9.97 Å². The number of anilines is 1. The fraction of sp³-hybridized carbons (Fsp3) is 0.316. The van der Waals surface area contributed by atoms with Gasteiger partial charge in [-0.05, 0) is 38.5 Å². The van der Waals surface area contributed by atoms with Crippen LogP contribution in [-0.4, -0.2) is 33.9 Å². The van der Waals surface area contributed by atoms with Gasteiger partial charge in [-0.1, -0.05) is 23.9 Å². The van der Waals surface area contributed by atoms with Crippen molar-refractivity contribution in [3.05, 3.63) is 40.5 Å². The van der Waals surface area contributed by atoms with Crippen molar-refractivity contribution < 1.29 is 4.79 Å². The summed E-state index contributed by atoms with van der Waals surface area (Å²) in [5, 5.41) is 2.02. The third-order valence-corrected chi connectivity index (χ3v) is 7.57. The Balaban J connectivity index is 1.59. The summed E-state index contributed by atoms with van der Waals surface area (Å²) >= 11 is 5.04. The van der Waals surface area contributed by atoms with Gasteiger partial charge in [0.15, 0.2) is 0 Å². The number of hydrogen-bond donors (Lipinski definition) is 0. The van der Waals surface area contributed by atoms with E-state index in [0.29, 0.717) is 5.75 Å². The van der Waals surface area contributed by atoms with E-state index in [0.717, 1.165) is 39.1 Å². The van der Waals surface area contributed by atoms with Gasteiger partial charge in [0.2, 0.25) is 5.91 Å².